The Bertz CT molecular complexity index is 413. The first-order valence-corrected chi connectivity index (χ1v) is 6.71. The van der Waals surface area contributed by atoms with Crippen LogP contribution in [0.15, 0.2) is 24.3 Å². The zero-order valence-corrected chi connectivity index (χ0v) is 11.2. The van der Waals surface area contributed by atoms with Gasteiger partial charge in [0.2, 0.25) is 0 Å². The lowest BCUT2D eigenvalue weighted by molar-refractivity contribution is -0.139. The average Bonchev–Trinajstić information content (AvgIpc) is 2.41. The third-order valence-electron chi connectivity index (χ3n) is 3.62. The maximum atomic E-state index is 10.9. The Labute approximate surface area is 113 Å². The van der Waals surface area contributed by atoms with E-state index < -0.39 is 5.97 Å². The van der Waals surface area contributed by atoms with E-state index in [1.165, 1.54) is 0 Å². The summed E-state index contributed by atoms with van der Waals surface area (Å²) >= 11 is 0. The Morgan fingerprint density at radius 2 is 1.84 bits per heavy atom. The van der Waals surface area contributed by atoms with E-state index in [4.69, 9.17) is 14.6 Å². The van der Waals surface area contributed by atoms with Gasteiger partial charge in [0.05, 0.1) is 13.5 Å². The molecule has 1 aliphatic rings. The molecule has 4 nitrogen and oxygen atoms in total. The quantitative estimate of drug-likeness (QED) is 0.887. The van der Waals surface area contributed by atoms with Gasteiger partial charge in [-0.05, 0) is 43.5 Å². The Morgan fingerprint density at radius 1 is 1.21 bits per heavy atom. The van der Waals surface area contributed by atoms with Gasteiger partial charge in [-0.1, -0.05) is 6.42 Å². The molecule has 2 atom stereocenters. The normalized spacial score (nSPS) is 22.8. The Kier molecular flexibility index (Phi) is 4.66. The molecule has 0 aliphatic heterocycles. The van der Waals surface area contributed by atoms with Crippen LogP contribution in [0.2, 0.25) is 0 Å². The summed E-state index contributed by atoms with van der Waals surface area (Å²) in [4.78, 5) is 10.9. The molecule has 0 aromatic heterocycles. The van der Waals surface area contributed by atoms with Crippen LogP contribution in [0.3, 0.4) is 0 Å². The molecule has 0 spiro atoms. The minimum absolute atomic E-state index is 0.0123. The van der Waals surface area contributed by atoms with Gasteiger partial charge in [-0.2, -0.15) is 0 Å². The number of carboxylic acid groups (broad SMARTS) is 1. The number of methoxy groups -OCH3 is 1. The lowest BCUT2D eigenvalue weighted by Gasteiger charge is -2.31. The van der Waals surface area contributed by atoms with Gasteiger partial charge in [0.15, 0.2) is 0 Å². The van der Waals surface area contributed by atoms with Crippen molar-refractivity contribution < 1.29 is 19.4 Å². The van der Waals surface area contributed by atoms with Crippen LogP contribution in [0.5, 0.6) is 11.5 Å². The molecule has 1 fully saturated rings. The van der Waals surface area contributed by atoms with Gasteiger partial charge in [0, 0.05) is 5.92 Å². The summed E-state index contributed by atoms with van der Waals surface area (Å²) in [5.41, 5.74) is 0. The Hall–Kier alpha value is -1.71. The largest absolute Gasteiger partial charge is 0.497 e. The molecule has 1 saturated carbocycles. The summed E-state index contributed by atoms with van der Waals surface area (Å²) in [5.74, 6) is 0.949. The van der Waals surface area contributed by atoms with E-state index in [9.17, 15) is 4.79 Å². The molecular weight excluding hydrogens is 244 g/mol. The number of carboxylic acids is 1. The van der Waals surface area contributed by atoms with Crippen LogP contribution in [-0.4, -0.2) is 24.3 Å². The summed E-state index contributed by atoms with van der Waals surface area (Å²) in [5, 5.41) is 8.95. The van der Waals surface area contributed by atoms with E-state index >= 15 is 0 Å². The van der Waals surface area contributed by atoms with E-state index in [2.05, 4.69) is 0 Å². The van der Waals surface area contributed by atoms with E-state index in [1.807, 2.05) is 24.3 Å². The second kappa shape index (κ2) is 6.45. The first-order valence-electron chi connectivity index (χ1n) is 6.71. The summed E-state index contributed by atoms with van der Waals surface area (Å²) in [6, 6.07) is 7.44. The molecule has 2 unspecified atom stereocenters. The maximum absolute atomic E-state index is 10.9. The predicted octanol–water partition coefficient (Wildman–Crippen LogP) is 3.11. The Balaban J connectivity index is 1.99. The lowest BCUT2D eigenvalue weighted by atomic mass is 9.84. The van der Waals surface area contributed by atoms with E-state index in [-0.39, 0.29) is 18.4 Å². The molecule has 0 heterocycles. The number of hydrogen-bond acceptors (Lipinski definition) is 3. The van der Waals surface area contributed by atoms with Crippen LogP contribution in [0.25, 0.3) is 0 Å². The molecule has 0 saturated heterocycles. The first kappa shape index (κ1) is 13.7. The topological polar surface area (TPSA) is 55.8 Å². The molecule has 1 aromatic rings. The zero-order valence-electron chi connectivity index (χ0n) is 11.2. The van der Waals surface area contributed by atoms with Gasteiger partial charge in [-0.3, -0.25) is 4.79 Å². The van der Waals surface area contributed by atoms with E-state index in [0.29, 0.717) is 0 Å². The standard InChI is InChI=1S/C15H20O4/c1-18-12-6-8-13(9-7-12)19-14-5-3-2-4-11(14)10-15(16)17/h6-9,11,14H,2-5,10H2,1H3,(H,16,17). The highest BCUT2D eigenvalue weighted by molar-refractivity contribution is 5.67. The van der Waals surface area contributed by atoms with E-state index in [1.54, 1.807) is 7.11 Å². The highest BCUT2D eigenvalue weighted by Crippen LogP contribution is 2.31. The first-order chi connectivity index (χ1) is 9.19. The number of aliphatic carboxylic acids is 1. The van der Waals surface area contributed by atoms with Crippen molar-refractivity contribution in [2.75, 3.05) is 7.11 Å². The number of ether oxygens (including phenoxy) is 2. The van der Waals surface area contributed by atoms with Gasteiger partial charge in [0.25, 0.3) is 0 Å². The van der Waals surface area contributed by atoms with Crippen LogP contribution in [0.4, 0.5) is 0 Å². The molecule has 0 bridgehead atoms. The molecule has 4 heteroatoms. The van der Waals surface area contributed by atoms with Gasteiger partial charge in [-0.25, -0.2) is 0 Å². The smallest absolute Gasteiger partial charge is 0.303 e. The second-order valence-electron chi connectivity index (χ2n) is 4.97. The van der Waals surface area contributed by atoms with Crippen molar-refractivity contribution in [3.63, 3.8) is 0 Å². The van der Waals surface area contributed by atoms with Crippen molar-refractivity contribution >= 4 is 5.97 Å². The SMILES string of the molecule is COc1ccc(OC2CCCCC2CC(=O)O)cc1. The predicted molar refractivity (Wildman–Crippen MR) is 71.6 cm³/mol. The molecule has 2 rings (SSSR count). The number of carbonyl (C=O) groups is 1. The zero-order chi connectivity index (χ0) is 13.7. The molecule has 1 aliphatic carbocycles. The van der Waals surface area contributed by atoms with Gasteiger partial charge in [-0.15, -0.1) is 0 Å². The van der Waals surface area contributed by atoms with Gasteiger partial charge >= 0.3 is 5.97 Å². The number of rotatable bonds is 5. The fourth-order valence-electron chi connectivity index (χ4n) is 2.62. The monoisotopic (exact) mass is 264 g/mol. The van der Waals surface area contributed by atoms with Crippen LogP contribution < -0.4 is 9.47 Å². The minimum atomic E-state index is -0.741. The maximum Gasteiger partial charge on any atom is 0.303 e. The highest BCUT2D eigenvalue weighted by atomic mass is 16.5. The molecule has 0 radical (unpaired) electrons. The van der Waals surface area contributed by atoms with Gasteiger partial charge in [0.1, 0.15) is 17.6 Å². The van der Waals surface area contributed by atoms with Crippen LogP contribution in [-0.2, 0) is 4.79 Å². The number of hydrogen-bond donors (Lipinski definition) is 1. The van der Waals surface area contributed by atoms with Crippen LogP contribution >= 0.6 is 0 Å². The second-order valence-corrected chi connectivity index (χ2v) is 4.97. The van der Waals surface area contributed by atoms with Crippen molar-refractivity contribution in [2.45, 2.75) is 38.2 Å². The summed E-state index contributed by atoms with van der Waals surface area (Å²) in [6.07, 6.45) is 4.29. The fraction of sp³-hybridized carbons (Fsp3) is 0.533. The minimum Gasteiger partial charge on any atom is -0.497 e. The Morgan fingerprint density at radius 3 is 2.47 bits per heavy atom. The molecule has 1 aromatic carbocycles. The van der Waals surface area contributed by atoms with Crippen molar-refractivity contribution in [2.24, 2.45) is 5.92 Å². The average molecular weight is 264 g/mol. The summed E-state index contributed by atoms with van der Waals surface area (Å²) < 4.78 is 11.0. The van der Waals surface area contributed by atoms with Crippen LogP contribution in [0, 0.1) is 5.92 Å². The van der Waals surface area contributed by atoms with Crippen molar-refractivity contribution in [1.29, 1.82) is 0 Å². The molecule has 104 valence electrons. The highest BCUT2D eigenvalue weighted by Gasteiger charge is 2.28. The third-order valence-corrected chi connectivity index (χ3v) is 3.62. The third kappa shape index (κ3) is 3.88. The molecular formula is C15H20O4. The fourth-order valence-corrected chi connectivity index (χ4v) is 2.62. The summed E-state index contributed by atoms with van der Waals surface area (Å²) in [7, 11) is 1.62. The van der Waals surface area contributed by atoms with Gasteiger partial charge < -0.3 is 14.6 Å². The molecule has 19 heavy (non-hydrogen) atoms. The summed E-state index contributed by atoms with van der Waals surface area (Å²) in [6.45, 7) is 0. The van der Waals surface area contributed by atoms with Crippen LogP contribution in [0.1, 0.15) is 32.1 Å². The number of benzene rings is 1. The van der Waals surface area contributed by atoms with E-state index in [0.717, 1.165) is 37.2 Å². The molecule has 0 amide bonds. The van der Waals surface area contributed by atoms with Crippen molar-refractivity contribution in [3.05, 3.63) is 24.3 Å². The van der Waals surface area contributed by atoms with Crippen molar-refractivity contribution in [3.8, 4) is 11.5 Å². The molecule has 1 N–H and O–H groups in total. The van der Waals surface area contributed by atoms with Crippen molar-refractivity contribution in [1.82, 2.24) is 0 Å². The lowest BCUT2D eigenvalue weighted by Crippen LogP contribution is -2.32.